The van der Waals surface area contributed by atoms with Crippen LogP contribution in [0.1, 0.15) is 31.9 Å². The molecule has 3 rings (SSSR count). The number of hydrogen-bond donors (Lipinski definition) is 2. The Labute approximate surface area is 205 Å². The highest BCUT2D eigenvalue weighted by atomic mass is 35.5. The van der Waals surface area contributed by atoms with Crippen LogP contribution in [0.25, 0.3) is 0 Å². The third-order valence-corrected chi connectivity index (χ3v) is 5.33. The maximum absolute atomic E-state index is 11.8. The van der Waals surface area contributed by atoms with Gasteiger partial charge in [-0.05, 0) is 66.6 Å². The zero-order valence-corrected chi connectivity index (χ0v) is 20.5. The van der Waals surface area contributed by atoms with Crippen LogP contribution in [0.2, 0.25) is 10.0 Å². The van der Waals surface area contributed by atoms with Crippen LogP contribution in [0, 0.1) is 5.92 Å². The summed E-state index contributed by atoms with van der Waals surface area (Å²) >= 11 is 12.6. The maximum atomic E-state index is 11.8. The summed E-state index contributed by atoms with van der Waals surface area (Å²) in [6.07, 6.45) is 0. The van der Waals surface area contributed by atoms with Gasteiger partial charge in [-0.3, -0.25) is 4.79 Å². The highest BCUT2D eigenvalue weighted by Gasteiger charge is 2.13. The molecule has 3 aromatic carbocycles. The van der Waals surface area contributed by atoms with Gasteiger partial charge in [-0.1, -0.05) is 49.2 Å². The van der Waals surface area contributed by atoms with E-state index in [0.29, 0.717) is 41.3 Å². The Morgan fingerprint density at radius 2 is 1.67 bits per heavy atom. The molecular weight excluding hydrogens is 459 g/mol. The quantitative estimate of drug-likeness (QED) is 0.318. The fourth-order valence-corrected chi connectivity index (χ4v) is 3.57. The lowest BCUT2D eigenvalue weighted by Crippen LogP contribution is -2.17. The first-order chi connectivity index (χ1) is 15.9. The van der Waals surface area contributed by atoms with E-state index in [0.717, 1.165) is 22.5 Å². The van der Waals surface area contributed by atoms with Gasteiger partial charge in [0.05, 0.1) is 11.6 Å². The van der Waals surface area contributed by atoms with E-state index < -0.39 is 0 Å². The molecular formula is C26H28Cl2N2O3. The number of amides is 1. The van der Waals surface area contributed by atoms with Crippen molar-refractivity contribution >= 4 is 40.5 Å². The summed E-state index contributed by atoms with van der Waals surface area (Å²) < 4.78 is 11.8. The fraction of sp³-hybridized carbons (Fsp3) is 0.269. The van der Waals surface area contributed by atoms with E-state index in [1.54, 1.807) is 0 Å². The summed E-state index contributed by atoms with van der Waals surface area (Å²) in [5.41, 5.74) is 3.59. The van der Waals surface area contributed by atoms with Crippen molar-refractivity contribution in [1.29, 1.82) is 0 Å². The number of halogens is 2. The Morgan fingerprint density at radius 3 is 2.33 bits per heavy atom. The highest BCUT2D eigenvalue weighted by molar-refractivity contribution is 6.32. The molecule has 0 saturated carbocycles. The molecule has 0 spiro atoms. The average Bonchev–Trinajstić information content (AvgIpc) is 2.78. The largest absolute Gasteiger partial charge is 0.490 e. The number of ether oxygens (including phenoxy) is 2. The summed E-state index contributed by atoms with van der Waals surface area (Å²) in [5.74, 6) is 1.03. The van der Waals surface area contributed by atoms with Gasteiger partial charge in [-0.15, -0.1) is 0 Å². The molecule has 0 unspecified atom stereocenters. The number of benzene rings is 3. The standard InChI is InChI=1S/C26H28Cl2N2O3/c1-4-32-24-14-19(13-23(28)25(24)33-16-18-6-5-7-20(27)12-18)15-29-21-8-10-22(11-9-21)30-26(31)17(2)3/h5-14,17,29H,4,15-16H2,1-3H3,(H,30,31). The molecule has 0 aliphatic heterocycles. The molecule has 33 heavy (non-hydrogen) atoms. The Kier molecular flexibility index (Phi) is 8.87. The van der Waals surface area contributed by atoms with E-state index in [2.05, 4.69) is 10.6 Å². The molecule has 0 aromatic heterocycles. The van der Waals surface area contributed by atoms with Crippen LogP contribution < -0.4 is 20.1 Å². The average molecular weight is 487 g/mol. The number of rotatable bonds is 10. The molecule has 3 aromatic rings. The van der Waals surface area contributed by atoms with Gasteiger partial charge >= 0.3 is 0 Å². The summed E-state index contributed by atoms with van der Waals surface area (Å²) in [6.45, 7) is 7.01. The molecule has 1 amide bonds. The molecule has 0 radical (unpaired) electrons. The van der Waals surface area contributed by atoms with Crippen LogP contribution >= 0.6 is 23.2 Å². The number of anilines is 2. The van der Waals surface area contributed by atoms with Crippen molar-refractivity contribution in [1.82, 2.24) is 0 Å². The predicted molar refractivity (Wildman–Crippen MR) is 136 cm³/mol. The minimum atomic E-state index is -0.0652. The molecule has 2 N–H and O–H groups in total. The lowest BCUT2D eigenvalue weighted by molar-refractivity contribution is -0.118. The van der Waals surface area contributed by atoms with Gasteiger partial charge in [0, 0.05) is 28.9 Å². The Hall–Kier alpha value is -2.89. The summed E-state index contributed by atoms with van der Waals surface area (Å²) in [5, 5.41) is 7.38. The molecule has 0 heterocycles. The second-order valence-electron chi connectivity index (χ2n) is 7.83. The molecule has 0 aliphatic rings. The third-order valence-electron chi connectivity index (χ3n) is 4.81. The highest BCUT2D eigenvalue weighted by Crippen LogP contribution is 2.37. The van der Waals surface area contributed by atoms with Crippen molar-refractivity contribution < 1.29 is 14.3 Å². The van der Waals surface area contributed by atoms with Crippen LogP contribution in [-0.2, 0) is 17.9 Å². The van der Waals surface area contributed by atoms with Crippen LogP contribution in [0.15, 0.2) is 60.7 Å². The summed E-state index contributed by atoms with van der Waals surface area (Å²) in [4.78, 5) is 11.8. The minimum absolute atomic E-state index is 0.00789. The molecule has 0 bridgehead atoms. The molecule has 0 fully saturated rings. The summed E-state index contributed by atoms with van der Waals surface area (Å²) in [7, 11) is 0. The van der Waals surface area contributed by atoms with Crippen LogP contribution in [0.5, 0.6) is 11.5 Å². The van der Waals surface area contributed by atoms with Crippen molar-refractivity contribution in [3.8, 4) is 11.5 Å². The van der Waals surface area contributed by atoms with Gasteiger partial charge in [-0.2, -0.15) is 0 Å². The Balaban J connectivity index is 1.66. The van der Waals surface area contributed by atoms with E-state index in [1.165, 1.54) is 0 Å². The van der Waals surface area contributed by atoms with Crippen molar-refractivity contribution in [3.63, 3.8) is 0 Å². The first kappa shape index (κ1) is 24.7. The lowest BCUT2D eigenvalue weighted by Gasteiger charge is -2.16. The van der Waals surface area contributed by atoms with Gasteiger partial charge < -0.3 is 20.1 Å². The van der Waals surface area contributed by atoms with E-state index in [1.807, 2.05) is 81.4 Å². The molecule has 174 valence electrons. The van der Waals surface area contributed by atoms with Crippen LogP contribution in [0.4, 0.5) is 11.4 Å². The minimum Gasteiger partial charge on any atom is -0.490 e. The monoisotopic (exact) mass is 486 g/mol. The second kappa shape index (κ2) is 11.8. The zero-order valence-electron chi connectivity index (χ0n) is 19.0. The van der Waals surface area contributed by atoms with Crippen molar-refractivity contribution in [3.05, 3.63) is 81.8 Å². The Morgan fingerprint density at radius 1 is 0.939 bits per heavy atom. The van der Waals surface area contributed by atoms with Gasteiger partial charge in [0.1, 0.15) is 6.61 Å². The normalized spacial score (nSPS) is 10.7. The van der Waals surface area contributed by atoms with E-state index in [9.17, 15) is 4.79 Å². The molecule has 0 atom stereocenters. The smallest absolute Gasteiger partial charge is 0.226 e. The first-order valence-electron chi connectivity index (χ1n) is 10.8. The molecule has 7 heteroatoms. The SMILES string of the molecule is CCOc1cc(CNc2ccc(NC(=O)C(C)C)cc2)cc(Cl)c1OCc1cccc(Cl)c1. The van der Waals surface area contributed by atoms with Crippen LogP contribution in [-0.4, -0.2) is 12.5 Å². The second-order valence-corrected chi connectivity index (χ2v) is 8.68. The van der Waals surface area contributed by atoms with Gasteiger partial charge in [0.25, 0.3) is 0 Å². The number of hydrogen-bond acceptors (Lipinski definition) is 4. The summed E-state index contributed by atoms with van der Waals surface area (Å²) in [6, 6.07) is 18.9. The van der Waals surface area contributed by atoms with Crippen LogP contribution in [0.3, 0.4) is 0 Å². The van der Waals surface area contributed by atoms with E-state index in [4.69, 9.17) is 32.7 Å². The van der Waals surface area contributed by atoms with Gasteiger partial charge in [0.2, 0.25) is 5.91 Å². The third kappa shape index (κ3) is 7.31. The van der Waals surface area contributed by atoms with Crippen molar-refractivity contribution in [2.24, 2.45) is 5.92 Å². The number of nitrogens with one attached hydrogen (secondary N) is 2. The van der Waals surface area contributed by atoms with E-state index >= 15 is 0 Å². The number of carbonyl (C=O) groups excluding carboxylic acids is 1. The molecule has 5 nitrogen and oxygen atoms in total. The fourth-order valence-electron chi connectivity index (χ4n) is 3.07. The Bertz CT molecular complexity index is 1090. The molecule has 0 aliphatic carbocycles. The predicted octanol–water partition coefficient (Wildman–Crippen LogP) is 7.18. The zero-order chi connectivity index (χ0) is 23.8. The van der Waals surface area contributed by atoms with Crippen molar-refractivity contribution in [2.45, 2.75) is 33.9 Å². The van der Waals surface area contributed by atoms with Gasteiger partial charge in [0.15, 0.2) is 11.5 Å². The lowest BCUT2D eigenvalue weighted by atomic mass is 10.1. The van der Waals surface area contributed by atoms with Crippen molar-refractivity contribution in [2.75, 3.05) is 17.2 Å². The number of carbonyl (C=O) groups is 1. The van der Waals surface area contributed by atoms with Gasteiger partial charge in [-0.25, -0.2) is 0 Å². The first-order valence-corrected chi connectivity index (χ1v) is 11.6. The molecule has 0 saturated heterocycles. The van der Waals surface area contributed by atoms with E-state index in [-0.39, 0.29) is 11.8 Å². The topological polar surface area (TPSA) is 59.6 Å². The maximum Gasteiger partial charge on any atom is 0.226 e.